The molecule has 2 amide bonds. The highest BCUT2D eigenvalue weighted by molar-refractivity contribution is 6.01. The van der Waals surface area contributed by atoms with Crippen molar-refractivity contribution in [2.75, 3.05) is 19.7 Å². The SMILES string of the molecule is CC1=CC(N2CCC(C)(c3ccccc3)C2)=CN2NC(C34CC(C(N)=O)(CO3)C4C(N)=O)N=C12. The van der Waals surface area contributed by atoms with E-state index in [1.54, 1.807) is 0 Å². The predicted molar refractivity (Wildman–Crippen MR) is 126 cm³/mol. The van der Waals surface area contributed by atoms with E-state index in [0.29, 0.717) is 6.42 Å². The molecule has 5 atom stereocenters. The first kappa shape index (κ1) is 21.4. The normalized spacial score (nSPS) is 38.1. The largest absolute Gasteiger partial charge is 0.369 e. The molecule has 0 aromatic heterocycles. The summed E-state index contributed by atoms with van der Waals surface area (Å²) < 4.78 is 6.03. The summed E-state index contributed by atoms with van der Waals surface area (Å²) in [5, 5.41) is 1.91. The summed E-state index contributed by atoms with van der Waals surface area (Å²) in [5.74, 6) is -1.13. The maximum atomic E-state index is 12.3. The third-order valence-electron chi connectivity index (χ3n) is 8.50. The molecule has 1 aromatic rings. The molecular weight excluding hydrogens is 432 g/mol. The van der Waals surface area contributed by atoms with Crippen LogP contribution in [0.5, 0.6) is 0 Å². The summed E-state index contributed by atoms with van der Waals surface area (Å²) in [6.07, 6.45) is 5.09. The van der Waals surface area contributed by atoms with Crippen molar-refractivity contribution in [1.29, 1.82) is 0 Å². The van der Waals surface area contributed by atoms with Crippen molar-refractivity contribution in [2.24, 2.45) is 27.8 Å². The van der Waals surface area contributed by atoms with Gasteiger partial charge in [0.25, 0.3) is 0 Å². The fraction of sp³-hybridized carbons (Fsp3) is 0.480. The first-order chi connectivity index (χ1) is 16.2. The summed E-state index contributed by atoms with van der Waals surface area (Å²) in [4.78, 5) is 31.7. The molecule has 1 saturated carbocycles. The van der Waals surface area contributed by atoms with Gasteiger partial charge in [0.1, 0.15) is 17.6 Å². The van der Waals surface area contributed by atoms with Crippen molar-refractivity contribution in [3.8, 4) is 0 Å². The number of hydrogen-bond donors (Lipinski definition) is 3. The Labute approximate surface area is 198 Å². The third kappa shape index (κ3) is 2.71. The van der Waals surface area contributed by atoms with Crippen LogP contribution in [0.4, 0.5) is 0 Å². The minimum atomic E-state index is -1.03. The van der Waals surface area contributed by atoms with Crippen LogP contribution in [0.3, 0.4) is 0 Å². The Morgan fingerprint density at radius 1 is 1.24 bits per heavy atom. The number of nitrogens with two attached hydrogens (primary N) is 2. The molecule has 9 nitrogen and oxygen atoms in total. The molecule has 0 radical (unpaired) electrons. The zero-order valence-electron chi connectivity index (χ0n) is 19.5. The molecule has 6 aliphatic rings. The van der Waals surface area contributed by atoms with E-state index in [1.165, 1.54) is 5.56 Å². The van der Waals surface area contributed by atoms with E-state index in [4.69, 9.17) is 21.2 Å². The van der Waals surface area contributed by atoms with Gasteiger partial charge in [-0.15, -0.1) is 0 Å². The summed E-state index contributed by atoms with van der Waals surface area (Å²) in [6, 6.07) is 10.7. The maximum absolute atomic E-state index is 12.3. The number of primary amides is 2. The highest BCUT2D eigenvalue weighted by Crippen LogP contribution is 2.64. The van der Waals surface area contributed by atoms with Crippen LogP contribution in [0.25, 0.3) is 0 Å². The van der Waals surface area contributed by atoms with E-state index in [9.17, 15) is 9.59 Å². The van der Waals surface area contributed by atoms with Gasteiger partial charge in [-0.1, -0.05) is 37.3 Å². The molecule has 178 valence electrons. The van der Waals surface area contributed by atoms with Crippen LogP contribution in [0, 0.1) is 11.3 Å². The first-order valence-corrected chi connectivity index (χ1v) is 11.8. The van der Waals surface area contributed by atoms with Gasteiger partial charge in [0.15, 0.2) is 0 Å². The zero-order valence-corrected chi connectivity index (χ0v) is 19.5. The highest BCUT2D eigenvalue weighted by atomic mass is 16.5. The molecule has 1 aromatic carbocycles. The van der Waals surface area contributed by atoms with Gasteiger partial charge in [0, 0.05) is 24.7 Å². The topological polar surface area (TPSA) is 126 Å². The number of nitrogens with one attached hydrogen (secondary N) is 1. The average Bonchev–Trinajstić information content (AvgIpc) is 3.54. The second-order valence-electron chi connectivity index (χ2n) is 10.6. The van der Waals surface area contributed by atoms with Gasteiger partial charge >= 0.3 is 0 Å². The molecule has 9 heteroatoms. The lowest BCUT2D eigenvalue weighted by molar-refractivity contribution is -0.161. The zero-order chi connectivity index (χ0) is 23.9. The van der Waals surface area contributed by atoms with Crippen molar-refractivity contribution >= 4 is 17.6 Å². The summed E-state index contributed by atoms with van der Waals surface area (Å²) in [7, 11) is 0. The van der Waals surface area contributed by atoms with E-state index in [2.05, 4.69) is 53.7 Å². The number of amides is 2. The van der Waals surface area contributed by atoms with Gasteiger partial charge < -0.3 is 21.1 Å². The number of allylic oxidation sites excluding steroid dienone is 1. The van der Waals surface area contributed by atoms with Gasteiger partial charge in [-0.05, 0) is 37.0 Å². The van der Waals surface area contributed by atoms with Gasteiger partial charge in [-0.2, -0.15) is 0 Å². The number of rotatable bonds is 5. The van der Waals surface area contributed by atoms with Gasteiger partial charge in [0.05, 0.1) is 23.6 Å². The minimum Gasteiger partial charge on any atom is -0.369 e. The summed E-state index contributed by atoms with van der Waals surface area (Å²) in [5.41, 5.74) is 16.3. The van der Waals surface area contributed by atoms with E-state index in [1.807, 2.05) is 18.1 Å². The highest BCUT2D eigenvalue weighted by Gasteiger charge is 2.78. The number of carbonyl (C=O) groups excluding carboxylic acids is 2. The van der Waals surface area contributed by atoms with Crippen molar-refractivity contribution in [3.63, 3.8) is 0 Å². The standard InChI is InChI=1S/C25H30N6O3/c1-15-10-17(30-9-8-23(2,13-30)16-6-4-3-5-7-16)11-31-20(15)28-22(29-31)25-12-24(14-34-25,21(27)33)18(25)19(26)32/h3-7,10-11,18,22,29H,8-9,12-14H2,1-2H3,(H2,26,32)(H2,27,33). The Bertz CT molecular complexity index is 1180. The molecule has 5 aliphatic heterocycles. The molecule has 5 heterocycles. The molecule has 1 aliphatic carbocycles. The molecular formula is C25H30N6O3. The van der Waals surface area contributed by atoms with Crippen molar-refractivity contribution in [1.82, 2.24) is 15.3 Å². The van der Waals surface area contributed by atoms with E-state index >= 15 is 0 Å². The summed E-state index contributed by atoms with van der Waals surface area (Å²) >= 11 is 0. The lowest BCUT2D eigenvalue weighted by Gasteiger charge is -2.50. The number of hydrazine groups is 1. The molecule has 2 bridgehead atoms. The van der Waals surface area contributed by atoms with Crippen LogP contribution in [0.2, 0.25) is 0 Å². The first-order valence-electron chi connectivity index (χ1n) is 11.8. The number of fused-ring (bicyclic) bond motifs is 2. The molecule has 34 heavy (non-hydrogen) atoms. The van der Waals surface area contributed by atoms with Gasteiger partial charge in [0.2, 0.25) is 11.8 Å². The van der Waals surface area contributed by atoms with E-state index in [-0.39, 0.29) is 12.0 Å². The lowest BCUT2D eigenvalue weighted by Crippen LogP contribution is -2.70. The second-order valence-corrected chi connectivity index (χ2v) is 10.6. The van der Waals surface area contributed by atoms with Gasteiger partial charge in [-0.3, -0.25) is 14.6 Å². The van der Waals surface area contributed by atoms with Crippen LogP contribution < -0.4 is 16.9 Å². The van der Waals surface area contributed by atoms with Crippen molar-refractivity contribution < 1.29 is 14.3 Å². The average molecular weight is 463 g/mol. The number of hydrogen-bond acceptors (Lipinski definition) is 7. The van der Waals surface area contributed by atoms with Gasteiger partial charge in [-0.25, -0.2) is 10.4 Å². The second kappa shape index (κ2) is 6.93. The number of benzene rings is 1. The Kier molecular flexibility index (Phi) is 4.35. The monoisotopic (exact) mass is 462 g/mol. The number of aliphatic imine (C=N–C) groups is 1. The number of nitrogens with zero attached hydrogens (tertiary/aromatic N) is 3. The lowest BCUT2D eigenvalue weighted by atomic mass is 9.52. The molecule has 3 saturated heterocycles. The number of ether oxygens (including phenoxy) is 1. The smallest absolute Gasteiger partial charge is 0.227 e. The van der Waals surface area contributed by atoms with Crippen LogP contribution >= 0.6 is 0 Å². The fourth-order valence-electron chi connectivity index (χ4n) is 6.61. The fourth-order valence-corrected chi connectivity index (χ4v) is 6.61. The Morgan fingerprint density at radius 3 is 2.71 bits per heavy atom. The van der Waals surface area contributed by atoms with Crippen molar-refractivity contribution in [2.45, 2.75) is 43.9 Å². The molecule has 5 N–H and O–H groups in total. The van der Waals surface area contributed by atoms with E-state index < -0.39 is 34.9 Å². The Hall–Kier alpha value is -3.17. The van der Waals surface area contributed by atoms with Crippen LogP contribution in [0.1, 0.15) is 32.3 Å². The molecule has 5 unspecified atom stereocenters. The Balaban J connectivity index is 1.24. The predicted octanol–water partition coefficient (Wildman–Crippen LogP) is 0.742. The number of amidine groups is 1. The summed E-state index contributed by atoms with van der Waals surface area (Å²) in [6.45, 7) is 6.34. The maximum Gasteiger partial charge on any atom is 0.227 e. The van der Waals surface area contributed by atoms with Crippen LogP contribution in [0.15, 0.2) is 58.9 Å². The quantitative estimate of drug-likeness (QED) is 0.593. The molecule has 4 fully saturated rings. The Morgan fingerprint density at radius 2 is 2.00 bits per heavy atom. The van der Waals surface area contributed by atoms with Crippen molar-refractivity contribution in [3.05, 3.63) is 59.4 Å². The number of likely N-dealkylation sites (tertiary alicyclic amines) is 1. The number of carbonyl (C=O) groups is 2. The van der Waals surface area contributed by atoms with Crippen LogP contribution in [-0.2, 0) is 19.7 Å². The molecule has 0 spiro atoms. The minimum absolute atomic E-state index is 0.0918. The molecule has 7 rings (SSSR count). The van der Waals surface area contributed by atoms with E-state index in [0.717, 1.165) is 36.6 Å². The third-order valence-corrected chi connectivity index (χ3v) is 8.50. The van der Waals surface area contributed by atoms with Crippen LogP contribution in [-0.4, -0.2) is 59.0 Å².